The molecule has 0 amide bonds. The highest BCUT2D eigenvalue weighted by molar-refractivity contribution is 6.31. The van der Waals surface area contributed by atoms with Gasteiger partial charge in [0.1, 0.15) is 0 Å². The molecule has 4 nitrogen and oxygen atoms in total. The summed E-state index contributed by atoms with van der Waals surface area (Å²) in [5, 5.41) is 0.673. The second-order valence-electron chi connectivity index (χ2n) is 6.81. The van der Waals surface area contributed by atoms with Gasteiger partial charge in [-0.2, -0.15) is 0 Å². The Morgan fingerprint density at radius 3 is 2.89 bits per heavy atom. The van der Waals surface area contributed by atoms with E-state index in [-0.39, 0.29) is 5.56 Å². The van der Waals surface area contributed by atoms with Gasteiger partial charge in [-0.3, -0.25) is 4.79 Å². The number of benzene rings is 2. The first-order valence-electron chi connectivity index (χ1n) is 8.75. The SMILES string of the molecule is Cc1c(-c2cccc(-n3ccnc3)c2)c2c([nH]c1=O)-c1cc(Cl)ccc1C2. The highest BCUT2D eigenvalue weighted by Crippen LogP contribution is 2.41. The molecule has 2 aromatic carbocycles. The fraction of sp³-hybridized carbons (Fsp3) is 0.0909. The van der Waals surface area contributed by atoms with Gasteiger partial charge in [0.2, 0.25) is 0 Å². The van der Waals surface area contributed by atoms with Crippen molar-refractivity contribution >= 4 is 11.6 Å². The molecular formula is C22H16ClN3O. The standard InChI is InChI=1S/C22H16ClN3O/c1-13-20(15-3-2-4-17(9-15)26-8-7-24-12-26)19-10-14-5-6-16(23)11-18(14)21(19)25-22(13)27/h2-9,11-12H,10H2,1H3,(H,25,27). The Kier molecular flexibility index (Phi) is 3.55. The van der Waals surface area contributed by atoms with Gasteiger partial charge in [0.25, 0.3) is 5.56 Å². The first kappa shape index (κ1) is 16.1. The van der Waals surface area contributed by atoms with Crippen molar-refractivity contribution in [2.75, 3.05) is 0 Å². The Labute approximate surface area is 161 Å². The minimum absolute atomic E-state index is 0.0652. The van der Waals surface area contributed by atoms with Crippen LogP contribution in [0.1, 0.15) is 16.7 Å². The van der Waals surface area contributed by atoms with Crippen LogP contribution in [0.4, 0.5) is 0 Å². The van der Waals surface area contributed by atoms with Crippen LogP contribution in [-0.2, 0) is 6.42 Å². The number of hydrogen-bond acceptors (Lipinski definition) is 2. The number of aromatic nitrogens is 3. The summed E-state index contributed by atoms with van der Waals surface area (Å²) < 4.78 is 1.96. The molecule has 0 unspecified atom stereocenters. The van der Waals surface area contributed by atoms with E-state index in [1.54, 1.807) is 12.5 Å². The Balaban J connectivity index is 1.75. The second-order valence-corrected chi connectivity index (χ2v) is 7.24. The maximum absolute atomic E-state index is 12.7. The molecule has 0 bridgehead atoms. The zero-order chi connectivity index (χ0) is 18.5. The molecule has 132 valence electrons. The second kappa shape index (κ2) is 5.96. The van der Waals surface area contributed by atoms with Crippen LogP contribution in [0.5, 0.6) is 0 Å². The van der Waals surface area contributed by atoms with Crippen molar-refractivity contribution in [1.29, 1.82) is 0 Å². The first-order chi connectivity index (χ1) is 13.1. The van der Waals surface area contributed by atoms with Gasteiger partial charge in [0.05, 0.1) is 12.0 Å². The van der Waals surface area contributed by atoms with Crippen LogP contribution in [0.2, 0.25) is 5.02 Å². The minimum Gasteiger partial charge on any atom is -0.321 e. The molecule has 5 heteroatoms. The molecule has 0 aliphatic heterocycles. The van der Waals surface area contributed by atoms with E-state index < -0.39 is 0 Å². The largest absolute Gasteiger partial charge is 0.321 e. The lowest BCUT2D eigenvalue weighted by Crippen LogP contribution is -2.13. The van der Waals surface area contributed by atoms with Gasteiger partial charge in [-0.05, 0) is 53.4 Å². The molecule has 0 saturated carbocycles. The van der Waals surface area contributed by atoms with Crippen LogP contribution in [0.3, 0.4) is 0 Å². The summed E-state index contributed by atoms with van der Waals surface area (Å²) >= 11 is 6.19. The van der Waals surface area contributed by atoms with Gasteiger partial charge in [-0.1, -0.05) is 29.8 Å². The van der Waals surface area contributed by atoms with Gasteiger partial charge >= 0.3 is 0 Å². The fourth-order valence-electron chi connectivity index (χ4n) is 3.90. The van der Waals surface area contributed by atoms with Crippen molar-refractivity contribution in [3.63, 3.8) is 0 Å². The maximum atomic E-state index is 12.7. The summed E-state index contributed by atoms with van der Waals surface area (Å²) in [7, 11) is 0. The molecule has 0 fully saturated rings. The first-order valence-corrected chi connectivity index (χ1v) is 9.13. The zero-order valence-electron chi connectivity index (χ0n) is 14.7. The third kappa shape index (κ3) is 2.53. The fourth-order valence-corrected chi connectivity index (χ4v) is 4.08. The number of imidazole rings is 1. The van der Waals surface area contributed by atoms with Crippen molar-refractivity contribution in [2.45, 2.75) is 13.3 Å². The lowest BCUT2D eigenvalue weighted by atomic mass is 9.94. The van der Waals surface area contributed by atoms with E-state index in [1.807, 2.05) is 48.0 Å². The summed E-state index contributed by atoms with van der Waals surface area (Å²) in [4.78, 5) is 19.9. The Hall–Kier alpha value is -3.11. The van der Waals surface area contributed by atoms with Gasteiger partial charge in [-0.25, -0.2) is 4.98 Å². The molecule has 27 heavy (non-hydrogen) atoms. The van der Waals surface area contributed by atoms with Crippen LogP contribution in [-0.4, -0.2) is 14.5 Å². The average Bonchev–Trinajstić information content (AvgIpc) is 3.31. The topological polar surface area (TPSA) is 50.7 Å². The minimum atomic E-state index is -0.0652. The molecule has 1 aliphatic rings. The Morgan fingerprint density at radius 2 is 2.07 bits per heavy atom. The zero-order valence-corrected chi connectivity index (χ0v) is 15.4. The van der Waals surface area contributed by atoms with Crippen molar-refractivity contribution in [3.8, 4) is 28.1 Å². The lowest BCUT2D eigenvalue weighted by Gasteiger charge is -2.13. The molecule has 2 heterocycles. The molecular weight excluding hydrogens is 358 g/mol. The molecule has 0 atom stereocenters. The van der Waals surface area contributed by atoms with E-state index in [4.69, 9.17) is 11.6 Å². The number of fused-ring (bicyclic) bond motifs is 3. The van der Waals surface area contributed by atoms with Gasteiger partial charge in [0.15, 0.2) is 0 Å². The predicted octanol–water partition coefficient (Wildman–Crippen LogP) is 4.76. The number of rotatable bonds is 2. The number of H-pyrrole nitrogens is 1. The van der Waals surface area contributed by atoms with Crippen molar-refractivity contribution in [3.05, 3.63) is 93.3 Å². The molecule has 1 N–H and O–H groups in total. The number of nitrogens with zero attached hydrogens (tertiary/aromatic N) is 2. The Bertz CT molecular complexity index is 1240. The lowest BCUT2D eigenvalue weighted by molar-refractivity contribution is 1.06. The van der Waals surface area contributed by atoms with Gasteiger partial charge in [0, 0.05) is 40.7 Å². The van der Waals surface area contributed by atoms with E-state index in [2.05, 4.69) is 22.1 Å². The van der Waals surface area contributed by atoms with Crippen LogP contribution in [0.25, 0.3) is 28.1 Å². The molecule has 0 radical (unpaired) electrons. The van der Waals surface area contributed by atoms with E-state index in [9.17, 15) is 4.79 Å². The highest BCUT2D eigenvalue weighted by atomic mass is 35.5. The van der Waals surface area contributed by atoms with Gasteiger partial charge in [-0.15, -0.1) is 0 Å². The van der Waals surface area contributed by atoms with Crippen LogP contribution in [0, 0.1) is 6.92 Å². The van der Waals surface area contributed by atoms with E-state index in [0.29, 0.717) is 5.02 Å². The average molecular weight is 374 g/mol. The van der Waals surface area contributed by atoms with E-state index in [1.165, 1.54) is 5.56 Å². The number of pyridine rings is 1. The number of hydrogen-bond donors (Lipinski definition) is 1. The quantitative estimate of drug-likeness (QED) is 0.485. The van der Waals surface area contributed by atoms with Crippen molar-refractivity contribution < 1.29 is 0 Å². The molecule has 0 spiro atoms. The molecule has 1 aliphatic carbocycles. The summed E-state index contributed by atoms with van der Waals surface area (Å²) in [5.41, 5.74) is 7.93. The van der Waals surface area contributed by atoms with Crippen molar-refractivity contribution in [2.24, 2.45) is 0 Å². The Morgan fingerprint density at radius 1 is 1.19 bits per heavy atom. The van der Waals surface area contributed by atoms with E-state index in [0.717, 1.165) is 45.6 Å². The van der Waals surface area contributed by atoms with Crippen LogP contribution in [0.15, 0.2) is 66.0 Å². The highest BCUT2D eigenvalue weighted by Gasteiger charge is 2.25. The predicted molar refractivity (Wildman–Crippen MR) is 108 cm³/mol. The normalized spacial score (nSPS) is 12.1. The van der Waals surface area contributed by atoms with Gasteiger partial charge < -0.3 is 9.55 Å². The third-order valence-corrected chi connectivity index (χ3v) is 5.44. The maximum Gasteiger partial charge on any atom is 0.251 e. The van der Waals surface area contributed by atoms with Crippen LogP contribution < -0.4 is 5.56 Å². The van der Waals surface area contributed by atoms with Crippen LogP contribution >= 0.6 is 11.6 Å². The number of nitrogens with one attached hydrogen (secondary N) is 1. The summed E-state index contributed by atoms with van der Waals surface area (Å²) in [6, 6.07) is 14.1. The molecule has 2 aromatic heterocycles. The summed E-state index contributed by atoms with van der Waals surface area (Å²) in [6.45, 7) is 1.88. The van der Waals surface area contributed by atoms with E-state index >= 15 is 0 Å². The monoisotopic (exact) mass is 373 g/mol. The summed E-state index contributed by atoms with van der Waals surface area (Å²) in [6.07, 6.45) is 6.21. The van der Waals surface area contributed by atoms with Crippen molar-refractivity contribution in [1.82, 2.24) is 14.5 Å². The number of aromatic amines is 1. The summed E-state index contributed by atoms with van der Waals surface area (Å²) in [5.74, 6) is 0. The molecule has 5 rings (SSSR count). The third-order valence-electron chi connectivity index (χ3n) is 5.20. The number of halogens is 1. The molecule has 0 saturated heterocycles. The smallest absolute Gasteiger partial charge is 0.251 e. The molecule has 4 aromatic rings.